The number of ketones is 1. The number of nitrogens with zero attached hydrogens (tertiary/aromatic N) is 3. The van der Waals surface area contributed by atoms with E-state index in [1.807, 2.05) is 61.0 Å². The number of thiophene rings is 2. The molecule has 3 fully saturated rings. The molecule has 0 radical (unpaired) electrons. The van der Waals surface area contributed by atoms with Gasteiger partial charge in [0.2, 0.25) is 0 Å². The van der Waals surface area contributed by atoms with Crippen LogP contribution in [0.15, 0.2) is 107 Å². The maximum Gasteiger partial charge on any atom is 0.269 e. The van der Waals surface area contributed by atoms with Crippen LogP contribution in [0.3, 0.4) is 0 Å². The van der Waals surface area contributed by atoms with Crippen LogP contribution in [0, 0.1) is 15.5 Å². The lowest BCUT2D eigenvalue weighted by Crippen LogP contribution is -2.65. The molecule has 0 saturated carbocycles. The summed E-state index contributed by atoms with van der Waals surface area (Å²) in [6.07, 6.45) is 2.02. The molecule has 50 heavy (non-hydrogen) atoms. The fraction of sp³-hybridized carbons (Fsp3) is 0.231. The minimum Gasteiger partial charge on any atom is -0.324 e. The molecule has 2 aromatic heterocycles. The van der Waals surface area contributed by atoms with E-state index < -0.39 is 21.8 Å². The highest BCUT2D eigenvalue weighted by atomic mass is 32.2. The number of hydrogen-bond acceptors (Lipinski definition) is 9. The molecule has 3 saturated heterocycles. The lowest BCUT2D eigenvalue weighted by molar-refractivity contribution is -0.385. The van der Waals surface area contributed by atoms with Gasteiger partial charge in [-0.05, 0) is 64.3 Å². The van der Waals surface area contributed by atoms with E-state index >= 15 is 9.59 Å². The van der Waals surface area contributed by atoms with Crippen LogP contribution < -0.4 is 5.32 Å². The molecule has 0 aliphatic carbocycles. The predicted octanol–water partition coefficient (Wildman–Crippen LogP) is 7.96. The lowest BCUT2D eigenvalue weighted by Gasteiger charge is -2.51. The number of non-ortho nitro benzene ring substituents is 1. The number of nitrogens with one attached hydrogen (secondary N) is 1. The first-order chi connectivity index (χ1) is 24.3. The molecular formula is C39H32N4O4S3. The number of rotatable bonds is 5. The van der Waals surface area contributed by atoms with E-state index in [9.17, 15) is 10.1 Å². The van der Waals surface area contributed by atoms with Crippen molar-refractivity contribution in [3.05, 3.63) is 134 Å². The first kappa shape index (κ1) is 31.6. The molecule has 6 heterocycles. The Morgan fingerprint density at radius 1 is 0.920 bits per heavy atom. The van der Waals surface area contributed by atoms with E-state index in [4.69, 9.17) is 0 Å². The number of carbonyl (C=O) groups excluding carboxylic acids is 2. The Morgan fingerprint density at radius 3 is 2.38 bits per heavy atom. The number of nitro groups is 1. The largest absolute Gasteiger partial charge is 0.324 e. The summed E-state index contributed by atoms with van der Waals surface area (Å²) in [4.78, 5) is 49.5. The number of carbonyl (C=O) groups is 2. The van der Waals surface area contributed by atoms with E-state index in [0.29, 0.717) is 35.8 Å². The van der Waals surface area contributed by atoms with Gasteiger partial charge in [0.1, 0.15) is 5.54 Å². The molecule has 4 atom stereocenters. The number of fused-ring (bicyclic) bond motifs is 5. The molecule has 1 amide bonds. The number of thioether (sulfide) groups is 1. The number of anilines is 1. The fourth-order valence-electron chi connectivity index (χ4n) is 9.20. The van der Waals surface area contributed by atoms with Gasteiger partial charge in [0.15, 0.2) is 5.78 Å². The first-order valence-electron chi connectivity index (χ1n) is 16.5. The van der Waals surface area contributed by atoms with Crippen molar-refractivity contribution in [1.29, 1.82) is 0 Å². The molecule has 5 aromatic rings. The molecule has 9 rings (SSSR count). The van der Waals surface area contributed by atoms with Crippen molar-refractivity contribution in [1.82, 2.24) is 9.80 Å². The monoisotopic (exact) mass is 716 g/mol. The number of piperidine rings is 1. The minimum atomic E-state index is -1.48. The van der Waals surface area contributed by atoms with Gasteiger partial charge >= 0.3 is 0 Å². The summed E-state index contributed by atoms with van der Waals surface area (Å²) in [5.74, 6) is 0.492. The molecule has 250 valence electrons. The predicted molar refractivity (Wildman–Crippen MR) is 202 cm³/mol. The second kappa shape index (κ2) is 11.9. The highest BCUT2D eigenvalue weighted by molar-refractivity contribution is 7.99. The SMILES string of the molecule is CN1C/C(=C\c2ccccc2-c2cccs2)C(=O)[C@]2(C1)[C@H](c1ccccc1-c1cccs1)[C@@H]1CSCN1[C@@]21C(=O)Nc2ccc([N+](=O)[O-])cc21. The van der Waals surface area contributed by atoms with Crippen molar-refractivity contribution in [2.75, 3.05) is 37.1 Å². The molecule has 11 heteroatoms. The van der Waals surface area contributed by atoms with E-state index in [0.717, 1.165) is 37.8 Å². The zero-order valence-corrected chi connectivity index (χ0v) is 29.5. The maximum atomic E-state index is 16.0. The summed E-state index contributed by atoms with van der Waals surface area (Å²) in [5.41, 5.74) is 2.84. The summed E-state index contributed by atoms with van der Waals surface area (Å²) in [7, 11) is 2.02. The van der Waals surface area contributed by atoms with Crippen LogP contribution in [-0.2, 0) is 15.1 Å². The van der Waals surface area contributed by atoms with Crippen molar-refractivity contribution < 1.29 is 14.5 Å². The quantitative estimate of drug-likeness (QED) is 0.112. The molecular weight excluding hydrogens is 685 g/mol. The molecule has 0 unspecified atom stereocenters. The Balaban J connectivity index is 1.35. The molecule has 3 aromatic carbocycles. The number of amides is 1. The Kier molecular flexibility index (Phi) is 7.49. The summed E-state index contributed by atoms with van der Waals surface area (Å²) in [5, 5.41) is 19.5. The second-order valence-electron chi connectivity index (χ2n) is 13.4. The first-order valence-corrected chi connectivity index (χ1v) is 19.4. The summed E-state index contributed by atoms with van der Waals surface area (Å²) >= 11 is 5.05. The third kappa shape index (κ3) is 4.37. The van der Waals surface area contributed by atoms with Gasteiger partial charge in [-0.2, -0.15) is 0 Å². The van der Waals surface area contributed by atoms with Crippen LogP contribution in [0.5, 0.6) is 0 Å². The van der Waals surface area contributed by atoms with Crippen LogP contribution in [0.4, 0.5) is 11.4 Å². The second-order valence-corrected chi connectivity index (χ2v) is 16.3. The smallest absolute Gasteiger partial charge is 0.269 e. The van der Waals surface area contributed by atoms with Crippen LogP contribution in [0.2, 0.25) is 0 Å². The summed E-state index contributed by atoms with van der Waals surface area (Å²) in [6, 6.07) is 29.1. The van der Waals surface area contributed by atoms with Crippen LogP contribution in [0.1, 0.15) is 22.6 Å². The van der Waals surface area contributed by atoms with Crippen molar-refractivity contribution in [2.45, 2.75) is 17.5 Å². The summed E-state index contributed by atoms with van der Waals surface area (Å²) in [6.45, 7) is 0.726. The highest BCUT2D eigenvalue weighted by Crippen LogP contribution is 2.69. The van der Waals surface area contributed by atoms with Gasteiger partial charge in [-0.1, -0.05) is 60.7 Å². The number of likely N-dealkylation sites (tertiary alicyclic amines) is 1. The fourth-order valence-corrected chi connectivity index (χ4v) is 12.1. The third-order valence-corrected chi connectivity index (χ3v) is 13.8. The third-order valence-electron chi connectivity index (χ3n) is 10.9. The normalized spacial score (nSPS) is 26.9. The minimum absolute atomic E-state index is 0.0727. The van der Waals surface area contributed by atoms with E-state index in [1.54, 1.807) is 46.6 Å². The van der Waals surface area contributed by atoms with Crippen molar-refractivity contribution in [3.8, 4) is 20.9 Å². The summed E-state index contributed by atoms with van der Waals surface area (Å²) < 4.78 is 0. The van der Waals surface area contributed by atoms with Gasteiger partial charge in [0, 0.05) is 75.4 Å². The van der Waals surface area contributed by atoms with Gasteiger partial charge in [0.05, 0.1) is 10.3 Å². The molecule has 4 aliphatic heterocycles. The van der Waals surface area contributed by atoms with Crippen LogP contribution in [0.25, 0.3) is 27.0 Å². The Labute approximate surface area is 301 Å². The van der Waals surface area contributed by atoms with Crippen molar-refractivity contribution in [3.63, 3.8) is 0 Å². The zero-order valence-electron chi connectivity index (χ0n) is 27.1. The molecule has 1 N–H and O–H groups in total. The van der Waals surface area contributed by atoms with Gasteiger partial charge in [-0.25, -0.2) is 0 Å². The zero-order chi connectivity index (χ0) is 34.2. The number of likely N-dealkylation sites (N-methyl/N-ethyl adjacent to an activating group) is 1. The average molecular weight is 717 g/mol. The topological polar surface area (TPSA) is 95.8 Å². The van der Waals surface area contributed by atoms with Gasteiger partial charge in [-0.15, -0.1) is 34.4 Å². The van der Waals surface area contributed by atoms with Gasteiger partial charge in [-0.3, -0.25) is 24.6 Å². The van der Waals surface area contributed by atoms with Crippen LogP contribution >= 0.6 is 34.4 Å². The van der Waals surface area contributed by atoms with E-state index in [-0.39, 0.29) is 23.4 Å². The van der Waals surface area contributed by atoms with Crippen molar-refractivity contribution in [2.24, 2.45) is 5.41 Å². The number of hydrogen-bond donors (Lipinski definition) is 1. The average Bonchev–Trinajstić information content (AvgIpc) is 3.96. The Bertz CT molecular complexity index is 2220. The van der Waals surface area contributed by atoms with E-state index in [1.165, 1.54) is 6.07 Å². The molecule has 2 spiro atoms. The van der Waals surface area contributed by atoms with Crippen LogP contribution in [-0.4, -0.2) is 64.2 Å². The number of benzene rings is 3. The standard InChI is InChI=1S/C39H32N4O4S3/c1-41-20-25(18-24-8-2-3-9-27(24)33-12-6-16-49-33)36(44)38(22-41)35(29-11-5-4-10-28(29)34-13-7-17-50-34)32-21-48-23-42(32)39(38)30-19-26(43(46)47)14-15-31(30)40-37(39)45/h2-19,32,35H,20-23H2,1H3,(H,40,45)/b25-18+/t32-,35+,38-,39-/m0/s1. The van der Waals surface area contributed by atoms with Crippen molar-refractivity contribution >= 4 is 63.6 Å². The van der Waals surface area contributed by atoms with E-state index in [2.05, 4.69) is 50.8 Å². The van der Waals surface area contributed by atoms with Gasteiger partial charge < -0.3 is 10.2 Å². The molecule has 8 nitrogen and oxygen atoms in total. The lowest BCUT2D eigenvalue weighted by atomic mass is 9.55. The maximum absolute atomic E-state index is 16.0. The highest BCUT2D eigenvalue weighted by Gasteiger charge is 2.79. The Morgan fingerprint density at radius 2 is 1.64 bits per heavy atom. The van der Waals surface area contributed by atoms with Gasteiger partial charge in [0.25, 0.3) is 11.6 Å². The number of nitro benzene ring substituents is 1. The molecule has 0 bridgehead atoms. The molecule has 4 aliphatic rings. The Hall–Kier alpha value is -4.39. The number of Topliss-reactive ketones (excluding diaryl/α,β-unsaturated/α-hetero) is 1.